The maximum absolute atomic E-state index is 14.8. The summed E-state index contributed by atoms with van der Waals surface area (Å²) in [6.07, 6.45) is 4.16. The molecule has 0 saturated carbocycles. The van der Waals surface area contributed by atoms with Crippen LogP contribution in [0.3, 0.4) is 0 Å². The van der Waals surface area contributed by atoms with Gasteiger partial charge in [-0.1, -0.05) is 24.3 Å². The summed E-state index contributed by atoms with van der Waals surface area (Å²) in [7, 11) is 0. The van der Waals surface area contributed by atoms with Gasteiger partial charge in [-0.2, -0.15) is 10.2 Å². The van der Waals surface area contributed by atoms with E-state index in [1.54, 1.807) is 0 Å². The van der Waals surface area contributed by atoms with Crippen LogP contribution in [0.1, 0.15) is 6.42 Å². The summed E-state index contributed by atoms with van der Waals surface area (Å²) < 4.78 is 44.2. The van der Waals surface area contributed by atoms with Crippen molar-refractivity contribution in [3.63, 3.8) is 0 Å². The minimum Gasteiger partial charge on any atom is -0.488 e. The van der Waals surface area contributed by atoms with Crippen LogP contribution in [0.2, 0.25) is 0 Å². The Bertz CT molecular complexity index is 2380. The van der Waals surface area contributed by atoms with Crippen LogP contribution in [0.25, 0.3) is 38.8 Å². The normalized spacial score (nSPS) is 22.4. The van der Waals surface area contributed by atoms with Gasteiger partial charge in [-0.15, -0.1) is 0 Å². The highest BCUT2D eigenvalue weighted by Gasteiger charge is 2.40. The standard InChI is InChI=1S/C38H36F2N10O4/c39-24-7-8-32(30(40)16-24)50-36-28(18-45-50)35(43-22-44-36)49-19-26-17-33(49)37(51)41-9-10-42-38(52)34-21-47(13-14-53-34)11-12-48-20-29-27(5-2-6-31(29)46-48)23-3-1-4-25(15-23)54-26/h1-8,15-16,18,20,22,26,33-34H,9-14,17,19,21H2,(H,41,51)(H,42,52)/t26-,33-,34?/m0/s1. The quantitative estimate of drug-likeness (QED) is 0.273. The molecule has 9 rings (SSSR count). The Hall–Kier alpha value is -6.00. The molecular formula is C38H36F2N10O4. The lowest BCUT2D eigenvalue weighted by atomic mass is 10.0. The zero-order valence-corrected chi connectivity index (χ0v) is 29.1. The number of rotatable bonds is 2. The van der Waals surface area contributed by atoms with Crippen molar-refractivity contribution in [1.29, 1.82) is 0 Å². The average molecular weight is 735 g/mol. The number of amides is 2. The molecule has 2 fully saturated rings. The van der Waals surface area contributed by atoms with Gasteiger partial charge in [-0.05, 0) is 41.5 Å². The van der Waals surface area contributed by atoms with Crippen LogP contribution < -0.4 is 20.3 Å². The lowest BCUT2D eigenvalue weighted by Gasteiger charge is -2.32. The third-order valence-electron chi connectivity index (χ3n) is 10.2. The van der Waals surface area contributed by atoms with Crippen molar-refractivity contribution in [1.82, 2.24) is 45.1 Å². The van der Waals surface area contributed by atoms with Crippen LogP contribution in [0, 0.1) is 11.6 Å². The Morgan fingerprint density at radius 3 is 2.63 bits per heavy atom. The maximum Gasteiger partial charge on any atom is 0.250 e. The first-order valence-electron chi connectivity index (χ1n) is 17.9. The van der Waals surface area contributed by atoms with Gasteiger partial charge < -0.3 is 25.0 Å². The van der Waals surface area contributed by atoms with Gasteiger partial charge in [0.25, 0.3) is 5.91 Å². The van der Waals surface area contributed by atoms with Crippen LogP contribution >= 0.6 is 0 Å². The van der Waals surface area contributed by atoms with Crippen LogP contribution in [-0.2, 0) is 20.9 Å². The van der Waals surface area contributed by atoms with Gasteiger partial charge >= 0.3 is 0 Å². The number of aromatic nitrogens is 6. The summed E-state index contributed by atoms with van der Waals surface area (Å²) in [6, 6.07) is 16.4. The summed E-state index contributed by atoms with van der Waals surface area (Å²) >= 11 is 0. The van der Waals surface area contributed by atoms with E-state index in [0.29, 0.717) is 62.7 Å². The van der Waals surface area contributed by atoms with Crippen LogP contribution in [0.15, 0.2) is 79.4 Å². The van der Waals surface area contributed by atoms with E-state index in [1.807, 2.05) is 46.0 Å². The monoisotopic (exact) mass is 734 g/mol. The molecule has 276 valence electrons. The topological polar surface area (TPSA) is 145 Å². The Balaban J connectivity index is 1.06. The van der Waals surface area contributed by atoms with Crippen molar-refractivity contribution in [3.05, 3.63) is 91.0 Å². The fourth-order valence-electron chi connectivity index (χ4n) is 7.55. The molecule has 2 N–H and O–H groups in total. The Morgan fingerprint density at radius 2 is 1.74 bits per heavy atom. The number of carbonyl (C=O) groups is 2. The minimum absolute atomic E-state index is 0.0193. The molecule has 3 aromatic carbocycles. The smallest absolute Gasteiger partial charge is 0.250 e. The largest absolute Gasteiger partial charge is 0.488 e. The first-order valence-corrected chi connectivity index (χ1v) is 17.9. The van der Waals surface area contributed by atoms with E-state index in [4.69, 9.17) is 14.6 Å². The number of benzene rings is 3. The summed E-state index contributed by atoms with van der Waals surface area (Å²) in [5.74, 6) is -0.972. The lowest BCUT2D eigenvalue weighted by Crippen LogP contribution is -2.51. The average Bonchev–Trinajstić information content (AvgIpc) is 3.92. The molecule has 0 spiro atoms. The van der Waals surface area contributed by atoms with Gasteiger partial charge in [0.1, 0.15) is 47.6 Å². The third-order valence-corrected chi connectivity index (χ3v) is 10.2. The molecule has 6 heterocycles. The summed E-state index contributed by atoms with van der Waals surface area (Å²) in [5, 5.41) is 16.6. The zero-order chi connectivity index (χ0) is 36.8. The van der Waals surface area contributed by atoms with E-state index in [1.165, 1.54) is 23.3 Å². The number of hydrogen-bond acceptors (Lipinski definition) is 10. The summed E-state index contributed by atoms with van der Waals surface area (Å²) in [6.45, 7) is 3.64. The van der Waals surface area contributed by atoms with Gasteiger partial charge in [-0.3, -0.25) is 19.2 Å². The van der Waals surface area contributed by atoms with Crippen molar-refractivity contribution < 1.29 is 27.8 Å². The van der Waals surface area contributed by atoms with E-state index >= 15 is 0 Å². The second kappa shape index (κ2) is 14.1. The van der Waals surface area contributed by atoms with Gasteiger partial charge in [-0.25, -0.2) is 23.4 Å². The number of fused-ring (bicyclic) bond motifs is 9. The van der Waals surface area contributed by atoms with Gasteiger partial charge in [0.05, 0.1) is 36.8 Å². The number of ether oxygens (including phenoxy) is 2. The number of anilines is 1. The van der Waals surface area contributed by atoms with Crippen molar-refractivity contribution in [2.75, 3.05) is 50.8 Å². The Labute approximate surface area is 307 Å². The molecule has 2 amide bonds. The molecule has 2 saturated heterocycles. The second-order valence-electron chi connectivity index (χ2n) is 13.6. The molecule has 14 nitrogen and oxygen atoms in total. The van der Waals surface area contributed by atoms with Crippen molar-refractivity contribution in [2.45, 2.75) is 31.2 Å². The Kier molecular flexibility index (Phi) is 8.83. The summed E-state index contributed by atoms with van der Waals surface area (Å²) in [5.41, 5.74) is 3.15. The highest BCUT2D eigenvalue weighted by molar-refractivity contribution is 5.95. The second-order valence-corrected chi connectivity index (χ2v) is 13.6. The fraction of sp³-hybridized carbons (Fsp3) is 0.316. The van der Waals surface area contributed by atoms with E-state index in [2.05, 4.69) is 42.9 Å². The van der Waals surface area contributed by atoms with Gasteiger partial charge in [0.15, 0.2) is 11.5 Å². The van der Waals surface area contributed by atoms with Crippen LogP contribution in [-0.4, -0.2) is 110 Å². The first kappa shape index (κ1) is 33.8. The van der Waals surface area contributed by atoms with Gasteiger partial charge in [0.2, 0.25) is 5.91 Å². The number of carbonyl (C=O) groups excluding carboxylic acids is 2. The SMILES string of the molecule is O=C1NCCNC(=O)[C@@H]2C[C@@H](CN2c2ncnc3c2cnn3-c2ccc(F)cc2F)Oc2cccc(c2)-c2cccc3nn(cc23)CCN2CCOC1C2. The maximum atomic E-state index is 14.8. The minimum atomic E-state index is -0.799. The molecule has 54 heavy (non-hydrogen) atoms. The number of morpholine rings is 1. The molecule has 3 aliphatic rings. The van der Waals surface area contributed by atoms with Crippen LogP contribution in [0.4, 0.5) is 14.6 Å². The number of nitrogens with zero attached hydrogens (tertiary/aromatic N) is 8. The molecule has 0 radical (unpaired) electrons. The molecule has 16 heteroatoms. The first-order chi connectivity index (χ1) is 26.4. The van der Waals surface area contributed by atoms with Gasteiger partial charge in [0, 0.05) is 56.8 Å². The fourth-order valence-corrected chi connectivity index (χ4v) is 7.55. The zero-order valence-electron chi connectivity index (χ0n) is 29.1. The predicted molar refractivity (Wildman–Crippen MR) is 194 cm³/mol. The third kappa shape index (κ3) is 6.47. The summed E-state index contributed by atoms with van der Waals surface area (Å²) in [4.78, 5) is 40.0. The van der Waals surface area contributed by atoms with Crippen molar-refractivity contribution in [3.8, 4) is 22.6 Å². The van der Waals surface area contributed by atoms with E-state index in [-0.39, 0.29) is 36.2 Å². The highest BCUT2D eigenvalue weighted by Crippen LogP contribution is 2.35. The van der Waals surface area contributed by atoms with Crippen LogP contribution in [0.5, 0.6) is 5.75 Å². The molecule has 0 aliphatic carbocycles. The van der Waals surface area contributed by atoms with E-state index < -0.39 is 29.9 Å². The molecule has 3 aliphatic heterocycles. The molecule has 4 atom stereocenters. The van der Waals surface area contributed by atoms with Crippen molar-refractivity contribution >= 4 is 39.6 Å². The Morgan fingerprint density at radius 1 is 0.870 bits per heavy atom. The number of halogens is 2. The highest BCUT2D eigenvalue weighted by atomic mass is 19.1. The van der Waals surface area contributed by atoms with E-state index in [0.717, 1.165) is 34.2 Å². The molecule has 2 unspecified atom stereocenters. The molecular weight excluding hydrogens is 698 g/mol. The molecule has 6 aromatic rings. The number of hydrogen-bond donors (Lipinski definition) is 2. The molecule has 3 aromatic heterocycles. The van der Waals surface area contributed by atoms with Crippen molar-refractivity contribution in [2.24, 2.45) is 0 Å². The van der Waals surface area contributed by atoms with E-state index in [9.17, 15) is 18.4 Å². The predicted octanol–water partition coefficient (Wildman–Crippen LogP) is 3.08. The lowest BCUT2D eigenvalue weighted by molar-refractivity contribution is -0.138. The number of nitrogens with one attached hydrogen (secondary N) is 2. The molecule has 8 bridgehead atoms.